The van der Waals surface area contributed by atoms with Crippen molar-refractivity contribution in [3.8, 4) is 0 Å². The number of hydrogen-bond donors (Lipinski definition) is 2. The van der Waals surface area contributed by atoms with Crippen LogP contribution in [0.1, 0.15) is 19.8 Å². The summed E-state index contributed by atoms with van der Waals surface area (Å²) in [5.41, 5.74) is 1.64. The smallest absolute Gasteiger partial charge is 0.354 e. The lowest BCUT2D eigenvalue weighted by Gasteiger charge is -2.26. The monoisotopic (exact) mass is 266 g/mol. The molecule has 0 aromatic heterocycles. The van der Waals surface area contributed by atoms with Gasteiger partial charge in [0.2, 0.25) is 5.91 Å². The third-order valence-corrected chi connectivity index (χ3v) is 1.98. The van der Waals surface area contributed by atoms with Gasteiger partial charge >= 0.3 is 12.4 Å². The van der Waals surface area contributed by atoms with E-state index in [9.17, 15) is 31.1 Å². The van der Waals surface area contributed by atoms with Crippen LogP contribution in [0.5, 0.6) is 0 Å². The molecule has 0 aromatic carbocycles. The van der Waals surface area contributed by atoms with E-state index in [4.69, 9.17) is 5.73 Å². The van der Waals surface area contributed by atoms with Gasteiger partial charge in [0.1, 0.15) is 0 Å². The summed E-state index contributed by atoms with van der Waals surface area (Å²) in [5, 5.41) is 1.72. The van der Waals surface area contributed by atoms with Gasteiger partial charge in [0, 0.05) is 13.0 Å². The van der Waals surface area contributed by atoms with Crippen molar-refractivity contribution in [2.24, 2.45) is 5.73 Å². The lowest BCUT2D eigenvalue weighted by atomic mass is 10.0. The van der Waals surface area contributed by atoms with Crippen LogP contribution >= 0.6 is 0 Å². The van der Waals surface area contributed by atoms with Crippen molar-refractivity contribution >= 4 is 5.91 Å². The topological polar surface area (TPSA) is 55.1 Å². The molecule has 0 spiro atoms. The van der Waals surface area contributed by atoms with Crippen LogP contribution in [-0.4, -0.2) is 30.3 Å². The highest BCUT2D eigenvalue weighted by atomic mass is 19.4. The summed E-state index contributed by atoms with van der Waals surface area (Å²) in [6.45, 7) is -0.0622. The second-order valence-electron chi connectivity index (χ2n) is 3.67. The molecule has 102 valence electrons. The van der Waals surface area contributed by atoms with Gasteiger partial charge in [-0.05, 0) is 13.3 Å². The molecule has 0 aliphatic carbocycles. The molecule has 0 heterocycles. The maximum absolute atomic E-state index is 12.2. The van der Waals surface area contributed by atoms with Crippen LogP contribution in [0.4, 0.5) is 26.3 Å². The third kappa shape index (κ3) is 5.24. The van der Waals surface area contributed by atoms with Crippen LogP contribution in [0, 0.1) is 0 Å². The summed E-state index contributed by atoms with van der Waals surface area (Å²) in [6.07, 6.45) is -11.0. The highest BCUT2D eigenvalue weighted by molar-refractivity contribution is 5.86. The second kappa shape index (κ2) is 5.11. The molecule has 1 amide bonds. The molecule has 0 aromatic rings. The largest absolute Gasteiger partial charge is 0.415 e. The lowest BCUT2D eigenvalue weighted by Crippen LogP contribution is -2.61. The molecule has 17 heavy (non-hydrogen) atoms. The Morgan fingerprint density at radius 3 is 2.00 bits per heavy atom. The summed E-state index contributed by atoms with van der Waals surface area (Å²) >= 11 is 0. The first-order valence-corrected chi connectivity index (χ1v) is 4.58. The maximum atomic E-state index is 12.2. The van der Waals surface area contributed by atoms with Gasteiger partial charge in [-0.15, -0.1) is 0 Å². The van der Waals surface area contributed by atoms with Gasteiger partial charge in [-0.1, -0.05) is 0 Å². The van der Waals surface area contributed by atoms with Gasteiger partial charge in [-0.2, -0.15) is 26.3 Å². The highest BCUT2D eigenvalue weighted by Crippen LogP contribution is 2.28. The van der Waals surface area contributed by atoms with Gasteiger partial charge in [0.25, 0.3) is 0 Å². The van der Waals surface area contributed by atoms with E-state index in [0.29, 0.717) is 6.92 Å². The Morgan fingerprint density at radius 2 is 1.65 bits per heavy atom. The molecule has 0 aliphatic rings. The quantitative estimate of drug-likeness (QED) is 0.601. The van der Waals surface area contributed by atoms with E-state index in [1.807, 2.05) is 0 Å². The highest BCUT2D eigenvalue weighted by Gasteiger charge is 2.53. The average molecular weight is 266 g/mol. The van der Waals surface area contributed by atoms with Crippen molar-refractivity contribution in [1.29, 1.82) is 0 Å². The summed E-state index contributed by atoms with van der Waals surface area (Å²) < 4.78 is 71.7. The third-order valence-electron chi connectivity index (χ3n) is 1.98. The Kier molecular flexibility index (Phi) is 4.81. The van der Waals surface area contributed by atoms with E-state index >= 15 is 0 Å². The van der Waals surface area contributed by atoms with E-state index in [-0.39, 0.29) is 0 Å². The minimum atomic E-state index is -4.96. The lowest BCUT2D eigenvalue weighted by molar-refractivity contribution is -0.187. The number of hydrogen-bond acceptors (Lipinski definition) is 2. The maximum Gasteiger partial charge on any atom is 0.415 e. The number of halogens is 6. The fourth-order valence-corrected chi connectivity index (χ4v) is 0.803. The Balaban J connectivity index is 4.12. The molecule has 0 radical (unpaired) electrons. The van der Waals surface area contributed by atoms with Crippen molar-refractivity contribution in [3.05, 3.63) is 0 Å². The molecule has 0 saturated heterocycles. The van der Waals surface area contributed by atoms with Gasteiger partial charge in [-0.25, -0.2) is 0 Å². The molecule has 3 nitrogen and oxygen atoms in total. The Bertz CT molecular complexity index is 270. The second-order valence-corrected chi connectivity index (χ2v) is 3.67. The fourth-order valence-electron chi connectivity index (χ4n) is 0.803. The first-order valence-electron chi connectivity index (χ1n) is 4.58. The van der Waals surface area contributed by atoms with E-state index in [2.05, 4.69) is 0 Å². The molecular weight excluding hydrogens is 254 g/mol. The Hall–Kier alpha value is -0.990. The molecule has 9 heteroatoms. The first kappa shape index (κ1) is 16.0. The minimum Gasteiger partial charge on any atom is -0.354 e. The molecule has 0 bridgehead atoms. The van der Waals surface area contributed by atoms with E-state index < -0.39 is 43.2 Å². The number of alkyl halides is 6. The van der Waals surface area contributed by atoms with Crippen LogP contribution < -0.4 is 11.1 Å². The predicted molar refractivity (Wildman–Crippen MR) is 46.9 cm³/mol. The molecule has 0 rings (SSSR count). The first-order chi connectivity index (χ1) is 7.38. The van der Waals surface area contributed by atoms with Gasteiger partial charge < -0.3 is 11.1 Å². The zero-order valence-corrected chi connectivity index (χ0v) is 8.87. The van der Waals surface area contributed by atoms with Crippen LogP contribution in [0.25, 0.3) is 0 Å². The van der Waals surface area contributed by atoms with E-state index in [1.54, 1.807) is 5.32 Å². The molecule has 0 fully saturated rings. The molecule has 1 unspecified atom stereocenters. The average Bonchev–Trinajstić information content (AvgIpc) is 2.08. The summed E-state index contributed by atoms with van der Waals surface area (Å²) in [5.74, 6) is -1.55. The van der Waals surface area contributed by atoms with Crippen molar-refractivity contribution in [1.82, 2.24) is 5.32 Å². The zero-order valence-electron chi connectivity index (χ0n) is 8.87. The van der Waals surface area contributed by atoms with E-state index in [1.165, 1.54) is 0 Å². The standard InChI is InChI=1S/C8H12F6N2O/c1-6(15,8(12,13)14)5(17)16-4-2-3-7(9,10)11/h2-4,15H2,1H3,(H,16,17). The van der Waals surface area contributed by atoms with Gasteiger partial charge in [0.05, 0.1) is 0 Å². The van der Waals surface area contributed by atoms with Crippen molar-refractivity contribution in [2.45, 2.75) is 37.7 Å². The van der Waals surface area contributed by atoms with Crippen molar-refractivity contribution in [3.63, 3.8) is 0 Å². The fraction of sp³-hybridized carbons (Fsp3) is 0.875. The summed E-state index contributed by atoms with van der Waals surface area (Å²) in [7, 11) is 0. The number of rotatable bonds is 4. The SMILES string of the molecule is CC(N)(C(=O)NCCCC(F)(F)F)C(F)(F)F. The normalized spacial score (nSPS) is 16.5. The van der Waals surface area contributed by atoms with Gasteiger partial charge in [0.15, 0.2) is 5.54 Å². The number of amides is 1. The zero-order chi connectivity index (χ0) is 13.9. The summed E-state index contributed by atoms with van der Waals surface area (Å²) in [4.78, 5) is 11.0. The summed E-state index contributed by atoms with van der Waals surface area (Å²) in [6, 6.07) is 0. The van der Waals surface area contributed by atoms with E-state index in [0.717, 1.165) is 0 Å². The predicted octanol–water partition coefficient (Wildman–Crippen LogP) is 1.72. The number of nitrogens with two attached hydrogens (primary N) is 1. The molecule has 0 aliphatic heterocycles. The molecule has 1 atom stereocenters. The number of carbonyl (C=O) groups excluding carboxylic acids is 1. The Labute approximate surface area is 93.3 Å². The van der Waals surface area contributed by atoms with Crippen molar-refractivity contribution in [2.75, 3.05) is 6.54 Å². The van der Waals surface area contributed by atoms with Crippen LogP contribution in [0.3, 0.4) is 0 Å². The number of carbonyl (C=O) groups is 1. The van der Waals surface area contributed by atoms with Crippen molar-refractivity contribution < 1.29 is 31.1 Å². The molecular formula is C8H12F6N2O. The number of nitrogens with one attached hydrogen (secondary N) is 1. The Morgan fingerprint density at radius 1 is 1.18 bits per heavy atom. The van der Waals surface area contributed by atoms with Crippen LogP contribution in [-0.2, 0) is 4.79 Å². The molecule has 3 N–H and O–H groups in total. The van der Waals surface area contributed by atoms with Crippen LogP contribution in [0.2, 0.25) is 0 Å². The van der Waals surface area contributed by atoms with Crippen LogP contribution in [0.15, 0.2) is 0 Å². The molecule has 0 saturated carbocycles. The van der Waals surface area contributed by atoms with Gasteiger partial charge in [-0.3, -0.25) is 4.79 Å². The minimum absolute atomic E-state index is 0.450.